The van der Waals surface area contributed by atoms with E-state index < -0.39 is 0 Å². The molecule has 1 N–H and O–H groups in total. The lowest BCUT2D eigenvalue weighted by atomic mass is 10.2. The van der Waals surface area contributed by atoms with Gasteiger partial charge in [-0.3, -0.25) is 10.1 Å². The molecule has 0 aliphatic carbocycles. The number of aryl methyl sites for hydroxylation is 2. The zero-order valence-corrected chi connectivity index (χ0v) is 11.4. The summed E-state index contributed by atoms with van der Waals surface area (Å²) in [4.78, 5) is 18.7. The van der Waals surface area contributed by atoms with Gasteiger partial charge in [-0.25, -0.2) is 14.6 Å². The molecule has 0 saturated heterocycles. The number of nitro groups is 1. The zero-order valence-electron chi connectivity index (χ0n) is 11.4. The Kier molecular flexibility index (Phi) is 4.24. The molecule has 2 aromatic rings. The Labute approximate surface area is 116 Å². The third kappa shape index (κ3) is 2.90. The quantitative estimate of drug-likeness (QED) is 0.636. The largest absolute Gasteiger partial charge is 0.359 e. The summed E-state index contributed by atoms with van der Waals surface area (Å²) < 4.78 is 1.50. The maximum absolute atomic E-state index is 11.2. The summed E-state index contributed by atoms with van der Waals surface area (Å²) in [6.45, 7) is 2.35. The van der Waals surface area contributed by atoms with Crippen LogP contribution in [0.2, 0.25) is 0 Å². The Morgan fingerprint density at radius 1 is 1.50 bits per heavy atom. The Bertz CT molecular complexity index is 595. The van der Waals surface area contributed by atoms with Crippen molar-refractivity contribution in [1.29, 1.82) is 0 Å². The first-order chi connectivity index (χ1) is 9.63. The monoisotopic (exact) mass is 276 g/mol. The number of hydrogen-bond donors (Lipinski definition) is 1. The minimum atomic E-state index is -0.389. The molecule has 0 unspecified atom stereocenters. The van der Waals surface area contributed by atoms with Crippen LogP contribution < -0.4 is 5.32 Å². The number of aromatic nitrogens is 4. The first-order valence-electron chi connectivity index (χ1n) is 6.32. The lowest BCUT2D eigenvalue weighted by molar-refractivity contribution is -0.384. The van der Waals surface area contributed by atoms with Gasteiger partial charge in [-0.1, -0.05) is 13.3 Å². The fraction of sp³-hybridized carbons (Fsp3) is 0.417. The SMILES string of the molecule is CCCc1nn(C)c(NCc2ccncn2)c1[N+](=O)[O-]. The van der Waals surface area contributed by atoms with E-state index in [0.717, 1.165) is 12.1 Å². The summed E-state index contributed by atoms with van der Waals surface area (Å²) in [5, 5.41) is 18.5. The molecule has 0 radical (unpaired) electrons. The molecule has 0 spiro atoms. The molecule has 0 saturated carbocycles. The second kappa shape index (κ2) is 6.09. The lowest BCUT2D eigenvalue weighted by Gasteiger charge is -2.05. The molecule has 20 heavy (non-hydrogen) atoms. The fourth-order valence-corrected chi connectivity index (χ4v) is 1.96. The molecule has 0 aliphatic heterocycles. The van der Waals surface area contributed by atoms with Crippen LogP contribution >= 0.6 is 0 Å². The number of anilines is 1. The van der Waals surface area contributed by atoms with Crippen molar-refractivity contribution in [3.05, 3.63) is 40.1 Å². The standard InChI is InChI=1S/C12H16N6O2/c1-3-4-10-11(18(19)20)12(17(2)16-10)14-7-9-5-6-13-8-15-9/h5-6,8,14H,3-4,7H2,1-2H3. The van der Waals surface area contributed by atoms with Crippen LogP contribution in [0.4, 0.5) is 11.5 Å². The van der Waals surface area contributed by atoms with Gasteiger partial charge in [0, 0.05) is 13.2 Å². The lowest BCUT2D eigenvalue weighted by Crippen LogP contribution is -2.07. The topological polar surface area (TPSA) is 98.8 Å². The average Bonchev–Trinajstić information content (AvgIpc) is 2.74. The molecular formula is C12H16N6O2. The van der Waals surface area contributed by atoms with Crippen molar-refractivity contribution in [2.24, 2.45) is 7.05 Å². The zero-order chi connectivity index (χ0) is 14.5. The predicted octanol–water partition coefficient (Wildman–Crippen LogP) is 1.68. The molecule has 0 aromatic carbocycles. The number of nitrogens with one attached hydrogen (secondary N) is 1. The minimum absolute atomic E-state index is 0.0448. The van der Waals surface area contributed by atoms with E-state index in [2.05, 4.69) is 20.4 Å². The van der Waals surface area contributed by atoms with Crippen molar-refractivity contribution >= 4 is 11.5 Å². The van der Waals surface area contributed by atoms with Crippen LogP contribution in [-0.4, -0.2) is 24.7 Å². The molecule has 2 rings (SSSR count). The molecule has 8 nitrogen and oxygen atoms in total. The molecule has 0 atom stereocenters. The van der Waals surface area contributed by atoms with E-state index in [1.165, 1.54) is 11.0 Å². The molecule has 0 bridgehead atoms. The molecular weight excluding hydrogens is 260 g/mol. The van der Waals surface area contributed by atoms with E-state index in [4.69, 9.17) is 0 Å². The van der Waals surface area contributed by atoms with Gasteiger partial charge in [-0.15, -0.1) is 0 Å². The van der Waals surface area contributed by atoms with E-state index in [9.17, 15) is 10.1 Å². The third-order valence-electron chi connectivity index (χ3n) is 2.84. The van der Waals surface area contributed by atoms with Crippen molar-refractivity contribution in [2.45, 2.75) is 26.3 Å². The molecule has 2 aromatic heterocycles. The highest BCUT2D eigenvalue weighted by molar-refractivity contribution is 5.59. The molecule has 0 amide bonds. The van der Waals surface area contributed by atoms with E-state index in [1.807, 2.05) is 6.92 Å². The highest BCUT2D eigenvalue weighted by Crippen LogP contribution is 2.29. The van der Waals surface area contributed by atoms with Crippen LogP contribution in [0.5, 0.6) is 0 Å². The summed E-state index contributed by atoms with van der Waals surface area (Å²) in [5.41, 5.74) is 1.31. The highest BCUT2D eigenvalue weighted by Gasteiger charge is 2.25. The van der Waals surface area contributed by atoms with E-state index in [1.54, 1.807) is 19.3 Å². The van der Waals surface area contributed by atoms with Crippen LogP contribution in [0.25, 0.3) is 0 Å². The maximum atomic E-state index is 11.2. The summed E-state index contributed by atoms with van der Waals surface area (Å²) in [7, 11) is 1.69. The van der Waals surface area contributed by atoms with Crippen LogP contribution in [0.15, 0.2) is 18.6 Å². The van der Waals surface area contributed by atoms with Crippen molar-refractivity contribution in [2.75, 3.05) is 5.32 Å². The van der Waals surface area contributed by atoms with Gasteiger partial charge < -0.3 is 5.32 Å². The molecule has 8 heteroatoms. The Hall–Kier alpha value is -2.51. The van der Waals surface area contributed by atoms with Crippen molar-refractivity contribution in [1.82, 2.24) is 19.7 Å². The summed E-state index contributed by atoms with van der Waals surface area (Å²) in [6.07, 6.45) is 4.46. The minimum Gasteiger partial charge on any atom is -0.359 e. The second-order valence-corrected chi connectivity index (χ2v) is 4.33. The number of rotatable bonds is 6. The Morgan fingerprint density at radius 2 is 2.30 bits per heavy atom. The van der Waals surface area contributed by atoms with Gasteiger partial charge in [-0.05, 0) is 12.5 Å². The van der Waals surface area contributed by atoms with Gasteiger partial charge in [0.15, 0.2) is 0 Å². The molecule has 106 valence electrons. The van der Waals surface area contributed by atoms with Crippen molar-refractivity contribution in [3.8, 4) is 0 Å². The normalized spacial score (nSPS) is 10.5. The predicted molar refractivity (Wildman–Crippen MR) is 73.2 cm³/mol. The van der Waals surface area contributed by atoms with Crippen LogP contribution in [0, 0.1) is 10.1 Å². The average molecular weight is 276 g/mol. The highest BCUT2D eigenvalue weighted by atomic mass is 16.6. The van der Waals surface area contributed by atoms with Crippen molar-refractivity contribution < 1.29 is 4.92 Å². The van der Waals surface area contributed by atoms with E-state index in [0.29, 0.717) is 24.5 Å². The van der Waals surface area contributed by atoms with Gasteiger partial charge in [0.05, 0.1) is 17.2 Å². The molecule has 2 heterocycles. The summed E-state index contributed by atoms with van der Waals surface area (Å²) >= 11 is 0. The van der Waals surface area contributed by atoms with Gasteiger partial charge in [0.1, 0.15) is 12.0 Å². The van der Waals surface area contributed by atoms with Gasteiger partial charge in [0.25, 0.3) is 0 Å². The first kappa shape index (κ1) is 13.9. The number of nitrogens with zero attached hydrogens (tertiary/aromatic N) is 5. The van der Waals surface area contributed by atoms with Gasteiger partial charge in [-0.2, -0.15) is 5.10 Å². The first-order valence-corrected chi connectivity index (χ1v) is 6.32. The van der Waals surface area contributed by atoms with Gasteiger partial charge >= 0.3 is 5.69 Å². The Morgan fingerprint density at radius 3 is 2.90 bits per heavy atom. The van der Waals surface area contributed by atoms with Gasteiger partial charge in [0.2, 0.25) is 5.82 Å². The van der Waals surface area contributed by atoms with E-state index >= 15 is 0 Å². The molecule has 0 aliphatic rings. The Balaban J connectivity index is 2.24. The van der Waals surface area contributed by atoms with Crippen LogP contribution in [0.3, 0.4) is 0 Å². The smallest absolute Gasteiger partial charge is 0.334 e. The van der Waals surface area contributed by atoms with Crippen LogP contribution in [-0.2, 0) is 20.0 Å². The summed E-state index contributed by atoms with van der Waals surface area (Å²) in [6, 6.07) is 1.75. The fourth-order valence-electron chi connectivity index (χ4n) is 1.96. The number of hydrogen-bond acceptors (Lipinski definition) is 6. The van der Waals surface area contributed by atoms with E-state index in [-0.39, 0.29) is 10.6 Å². The van der Waals surface area contributed by atoms with Crippen LogP contribution in [0.1, 0.15) is 24.7 Å². The van der Waals surface area contributed by atoms with Crippen molar-refractivity contribution in [3.63, 3.8) is 0 Å². The second-order valence-electron chi connectivity index (χ2n) is 4.33. The summed E-state index contributed by atoms with van der Waals surface area (Å²) in [5.74, 6) is 0.400. The third-order valence-corrected chi connectivity index (χ3v) is 2.84. The molecule has 0 fully saturated rings. The maximum Gasteiger partial charge on any atom is 0.334 e.